The van der Waals surface area contributed by atoms with Crippen molar-refractivity contribution in [3.05, 3.63) is 46.6 Å². The molecule has 2 aromatic rings. The molecule has 0 unspecified atom stereocenters. The maximum Gasteiger partial charge on any atom is 0.272 e. The van der Waals surface area contributed by atoms with Crippen molar-refractivity contribution < 1.29 is 14.8 Å². The Kier molecular flexibility index (Phi) is 4.04. The number of aromatic amines is 1. The van der Waals surface area contributed by atoms with Crippen LogP contribution in [0, 0.1) is 0 Å². The van der Waals surface area contributed by atoms with Gasteiger partial charge in [0.25, 0.3) is 5.82 Å². The van der Waals surface area contributed by atoms with E-state index in [0.717, 1.165) is 15.9 Å². The van der Waals surface area contributed by atoms with Crippen LogP contribution < -0.4 is 15.0 Å². The van der Waals surface area contributed by atoms with E-state index in [2.05, 4.69) is 26.2 Å². The molecule has 1 aromatic carbocycles. The number of benzene rings is 1. The highest BCUT2D eigenvalue weighted by Crippen LogP contribution is 2.23. The lowest BCUT2D eigenvalue weighted by Crippen LogP contribution is -2.12. The Bertz CT molecular complexity index is 529. The van der Waals surface area contributed by atoms with Crippen LogP contribution in [-0.2, 0) is 6.54 Å². The maximum atomic E-state index is 9.81. The van der Waals surface area contributed by atoms with E-state index in [4.69, 9.17) is 4.74 Å². The van der Waals surface area contributed by atoms with Crippen molar-refractivity contribution in [1.29, 1.82) is 0 Å². The predicted molar refractivity (Wildman–Crippen MR) is 72.7 cm³/mol. The zero-order valence-corrected chi connectivity index (χ0v) is 11.5. The van der Waals surface area contributed by atoms with Crippen molar-refractivity contribution >= 4 is 21.7 Å². The summed E-state index contributed by atoms with van der Waals surface area (Å²) in [5, 5.41) is 13.0. The lowest BCUT2D eigenvalue weighted by Gasteiger charge is -2.05. The molecule has 3 N–H and O–H groups in total. The minimum absolute atomic E-state index is 0.221. The second kappa shape index (κ2) is 5.73. The highest BCUT2D eigenvalue weighted by atomic mass is 79.9. The van der Waals surface area contributed by atoms with Gasteiger partial charge in [0.05, 0.1) is 11.6 Å². The average Bonchev–Trinajstić information content (AvgIpc) is 2.39. The Morgan fingerprint density at radius 1 is 1.33 bits per heavy atom. The van der Waals surface area contributed by atoms with Gasteiger partial charge in [0.2, 0.25) is 0 Å². The van der Waals surface area contributed by atoms with Gasteiger partial charge in [-0.05, 0) is 34.1 Å². The molecule has 18 heavy (non-hydrogen) atoms. The lowest BCUT2D eigenvalue weighted by atomic mass is 10.2. The van der Waals surface area contributed by atoms with Crippen molar-refractivity contribution in [3.63, 3.8) is 0 Å². The van der Waals surface area contributed by atoms with Crippen molar-refractivity contribution in [1.82, 2.24) is 0 Å². The number of halogens is 1. The average molecular weight is 310 g/mol. The van der Waals surface area contributed by atoms with E-state index >= 15 is 0 Å². The summed E-state index contributed by atoms with van der Waals surface area (Å²) in [5.41, 5.74) is 0.812. The monoisotopic (exact) mass is 309 g/mol. The first-order valence-electron chi connectivity index (χ1n) is 5.46. The molecular formula is C13H14BrN2O2+. The summed E-state index contributed by atoms with van der Waals surface area (Å²) in [6, 6.07) is 9.11. The van der Waals surface area contributed by atoms with E-state index in [0.29, 0.717) is 12.3 Å². The summed E-state index contributed by atoms with van der Waals surface area (Å²) in [5.74, 6) is 1.75. The number of aromatic hydroxyl groups is 1. The van der Waals surface area contributed by atoms with Crippen LogP contribution in [-0.4, -0.2) is 12.2 Å². The van der Waals surface area contributed by atoms with Gasteiger partial charge in [-0.1, -0.05) is 0 Å². The SMILES string of the molecule is COc1ccc(CNc2ccc(Br)c[nH+]2)c(O)c1. The van der Waals surface area contributed by atoms with Crippen LogP contribution in [0.3, 0.4) is 0 Å². The van der Waals surface area contributed by atoms with Crippen LogP contribution in [0.2, 0.25) is 0 Å². The third-order valence-electron chi connectivity index (χ3n) is 2.54. The molecule has 0 amide bonds. The van der Waals surface area contributed by atoms with E-state index in [1.165, 1.54) is 0 Å². The number of ether oxygens (including phenoxy) is 1. The number of rotatable bonds is 4. The molecule has 4 nitrogen and oxygen atoms in total. The molecule has 5 heteroatoms. The van der Waals surface area contributed by atoms with E-state index in [9.17, 15) is 5.11 Å². The topological polar surface area (TPSA) is 55.6 Å². The summed E-state index contributed by atoms with van der Waals surface area (Å²) in [7, 11) is 1.57. The number of nitrogens with one attached hydrogen (secondary N) is 2. The lowest BCUT2D eigenvalue weighted by molar-refractivity contribution is -0.362. The number of hydrogen-bond acceptors (Lipinski definition) is 3. The number of phenols is 1. The fourth-order valence-corrected chi connectivity index (χ4v) is 1.77. The normalized spacial score (nSPS) is 10.1. The third kappa shape index (κ3) is 3.13. The van der Waals surface area contributed by atoms with Gasteiger partial charge in [0, 0.05) is 17.7 Å². The fraction of sp³-hybridized carbons (Fsp3) is 0.154. The first-order chi connectivity index (χ1) is 8.69. The van der Waals surface area contributed by atoms with Crippen molar-refractivity contribution in [2.24, 2.45) is 0 Å². The number of pyridine rings is 1. The van der Waals surface area contributed by atoms with Gasteiger partial charge < -0.3 is 9.84 Å². The first-order valence-corrected chi connectivity index (χ1v) is 6.25. The molecule has 0 spiro atoms. The Labute approximate surface area is 114 Å². The highest BCUT2D eigenvalue weighted by Gasteiger charge is 2.06. The highest BCUT2D eigenvalue weighted by molar-refractivity contribution is 9.10. The largest absolute Gasteiger partial charge is 0.507 e. The minimum atomic E-state index is 0.221. The van der Waals surface area contributed by atoms with Crippen molar-refractivity contribution in [2.75, 3.05) is 12.4 Å². The first kappa shape index (κ1) is 12.7. The second-order valence-corrected chi connectivity index (χ2v) is 4.68. The van der Waals surface area contributed by atoms with Crippen LogP contribution in [0.1, 0.15) is 5.56 Å². The van der Waals surface area contributed by atoms with Gasteiger partial charge in [-0.15, -0.1) is 0 Å². The molecule has 0 aliphatic carbocycles. The van der Waals surface area contributed by atoms with Gasteiger partial charge in [-0.3, -0.25) is 5.32 Å². The zero-order chi connectivity index (χ0) is 13.0. The van der Waals surface area contributed by atoms with Gasteiger partial charge >= 0.3 is 0 Å². The fourth-order valence-electron chi connectivity index (χ4n) is 1.53. The van der Waals surface area contributed by atoms with Crippen molar-refractivity contribution in [3.8, 4) is 11.5 Å². The number of anilines is 1. The molecule has 0 saturated heterocycles. The zero-order valence-electron chi connectivity index (χ0n) is 9.90. The number of phenolic OH excluding ortho intramolecular Hbond substituents is 1. The Morgan fingerprint density at radius 2 is 2.17 bits per heavy atom. The molecule has 0 atom stereocenters. The standard InChI is InChI=1S/C13H13BrN2O2/c1-18-11-4-2-9(12(17)6-11)7-15-13-5-3-10(14)8-16-13/h2-6,8,17H,7H2,1H3,(H,15,16)/p+1. The molecule has 0 fully saturated rings. The van der Waals surface area contributed by atoms with Crippen molar-refractivity contribution in [2.45, 2.75) is 6.54 Å². The summed E-state index contributed by atoms with van der Waals surface area (Å²) < 4.78 is 6.02. The molecule has 1 heterocycles. The Hall–Kier alpha value is -1.75. The Morgan fingerprint density at radius 3 is 2.78 bits per heavy atom. The van der Waals surface area contributed by atoms with Crippen LogP contribution in [0.15, 0.2) is 41.0 Å². The number of methoxy groups -OCH3 is 1. The van der Waals surface area contributed by atoms with E-state index in [1.54, 1.807) is 13.2 Å². The van der Waals surface area contributed by atoms with Crippen LogP contribution in [0.5, 0.6) is 11.5 Å². The predicted octanol–water partition coefficient (Wildman–Crippen LogP) is 2.59. The molecular weight excluding hydrogens is 296 g/mol. The smallest absolute Gasteiger partial charge is 0.272 e. The molecule has 0 radical (unpaired) electrons. The second-order valence-electron chi connectivity index (χ2n) is 3.77. The molecule has 0 bridgehead atoms. The van der Waals surface area contributed by atoms with Gasteiger partial charge in [0.1, 0.15) is 24.2 Å². The maximum absolute atomic E-state index is 9.81. The summed E-state index contributed by atoms with van der Waals surface area (Å²) in [6.07, 6.45) is 1.84. The minimum Gasteiger partial charge on any atom is -0.507 e. The summed E-state index contributed by atoms with van der Waals surface area (Å²) in [6.45, 7) is 0.536. The molecule has 2 rings (SSSR count). The van der Waals surface area contributed by atoms with Gasteiger partial charge in [0.15, 0.2) is 0 Å². The molecule has 1 aromatic heterocycles. The van der Waals surface area contributed by atoms with Gasteiger partial charge in [-0.2, -0.15) is 0 Å². The number of aromatic nitrogens is 1. The number of H-pyrrole nitrogens is 1. The van der Waals surface area contributed by atoms with Gasteiger partial charge in [-0.25, -0.2) is 4.98 Å². The quantitative estimate of drug-likeness (QED) is 0.912. The van der Waals surface area contributed by atoms with Crippen LogP contribution in [0.4, 0.5) is 5.82 Å². The van der Waals surface area contributed by atoms with Crippen LogP contribution in [0.25, 0.3) is 0 Å². The summed E-state index contributed by atoms with van der Waals surface area (Å²) >= 11 is 3.36. The summed E-state index contributed by atoms with van der Waals surface area (Å²) in [4.78, 5) is 3.08. The van der Waals surface area contributed by atoms with Crippen LogP contribution >= 0.6 is 15.9 Å². The van der Waals surface area contributed by atoms with E-state index in [1.807, 2.05) is 30.5 Å². The Balaban J connectivity index is 2.04. The van der Waals surface area contributed by atoms with E-state index < -0.39 is 0 Å². The molecule has 0 saturated carbocycles. The third-order valence-corrected chi connectivity index (χ3v) is 3.03. The van der Waals surface area contributed by atoms with E-state index in [-0.39, 0.29) is 5.75 Å². The molecule has 0 aliphatic heterocycles. The molecule has 0 aliphatic rings. The molecule has 94 valence electrons. The number of hydrogen-bond donors (Lipinski definition) is 2.